The lowest BCUT2D eigenvalue weighted by Gasteiger charge is -2.26. The Bertz CT molecular complexity index is 613. The summed E-state index contributed by atoms with van der Waals surface area (Å²) < 4.78 is 28.3. The molecule has 0 bridgehead atoms. The number of rotatable bonds is 6. The zero-order valence-electron chi connectivity index (χ0n) is 12.6. The summed E-state index contributed by atoms with van der Waals surface area (Å²) in [5.74, 6) is 0.0729. The molecular formula is C14H20ClNO4S. The first kappa shape index (κ1) is 17.8. The van der Waals surface area contributed by atoms with Crippen LogP contribution in [-0.4, -0.2) is 38.4 Å². The maximum Gasteiger partial charge on any atom is 0.261 e. The second-order valence-corrected chi connectivity index (χ2v) is 7.28. The van der Waals surface area contributed by atoms with Gasteiger partial charge < -0.3 is 9.64 Å². The molecular weight excluding hydrogens is 314 g/mol. The molecule has 0 aliphatic rings. The Morgan fingerprint density at radius 1 is 1.33 bits per heavy atom. The highest BCUT2D eigenvalue weighted by molar-refractivity contribution is 8.13. The third kappa shape index (κ3) is 4.35. The third-order valence-electron chi connectivity index (χ3n) is 2.99. The highest BCUT2D eigenvalue weighted by Crippen LogP contribution is 2.26. The summed E-state index contributed by atoms with van der Waals surface area (Å²) in [5.41, 5.74) is 0.203. The molecule has 118 valence electrons. The minimum Gasteiger partial charge on any atom is -0.493 e. The topological polar surface area (TPSA) is 63.7 Å². The van der Waals surface area contributed by atoms with Crippen molar-refractivity contribution in [1.82, 2.24) is 4.90 Å². The predicted molar refractivity (Wildman–Crippen MR) is 82.5 cm³/mol. The molecule has 1 aromatic carbocycles. The molecule has 1 rings (SSSR count). The molecule has 0 saturated carbocycles. The fraction of sp³-hybridized carbons (Fsp3) is 0.500. The van der Waals surface area contributed by atoms with Crippen molar-refractivity contribution in [1.29, 1.82) is 0 Å². The lowest BCUT2D eigenvalue weighted by molar-refractivity contribution is 0.0712. The number of benzene rings is 1. The second-order valence-electron chi connectivity index (χ2n) is 4.71. The first-order valence-corrected chi connectivity index (χ1v) is 9.05. The van der Waals surface area contributed by atoms with Crippen LogP contribution in [0.5, 0.6) is 5.75 Å². The van der Waals surface area contributed by atoms with E-state index in [1.54, 1.807) is 11.8 Å². The van der Waals surface area contributed by atoms with Gasteiger partial charge in [-0.25, -0.2) is 8.42 Å². The molecule has 1 amide bonds. The molecule has 0 aliphatic heterocycles. The Kier molecular flexibility index (Phi) is 6.04. The van der Waals surface area contributed by atoms with E-state index in [1.165, 1.54) is 18.2 Å². The minimum atomic E-state index is -3.90. The number of carbonyl (C=O) groups excluding carboxylic acids is 1. The van der Waals surface area contributed by atoms with E-state index in [-0.39, 0.29) is 22.4 Å². The molecule has 5 nitrogen and oxygen atoms in total. The van der Waals surface area contributed by atoms with Crippen LogP contribution in [0.15, 0.2) is 23.1 Å². The van der Waals surface area contributed by atoms with Gasteiger partial charge in [0.1, 0.15) is 5.75 Å². The molecule has 0 atom stereocenters. The summed E-state index contributed by atoms with van der Waals surface area (Å²) in [6.07, 6.45) is 0. The minimum absolute atomic E-state index is 0.00626. The fourth-order valence-corrected chi connectivity index (χ4v) is 2.78. The van der Waals surface area contributed by atoms with E-state index in [0.29, 0.717) is 18.9 Å². The number of hydrogen-bond acceptors (Lipinski definition) is 4. The third-order valence-corrected chi connectivity index (χ3v) is 4.34. The smallest absolute Gasteiger partial charge is 0.261 e. The van der Waals surface area contributed by atoms with Crippen molar-refractivity contribution in [3.63, 3.8) is 0 Å². The Morgan fingerprint density at radius 2 is 1.95 bits per heavy atom. The van der Waals surface area contributed by atoms with Crippen molar-refractivity contribution >= 4 is 25.6 Å². The SMILES string of the molecule is CCOc1ccc(S(=O)(=O)Cl)cc1C(=O)N(CC)C(C)C. The van der Waals surface area contributed by atoms with Crippen LogP contribution in [0, 0.1) is 0 Å². The maximum absolute atomic E-state index is 12.6. The summed E-state index contributed by atoms with van der Waals surface area (Å²) in [6, 6.07) is 4.05. The molecule has 0 aliphatic carbocycles. The highest BCUT2D eigenvalue weighted by atomic mass is 35.7. The summed E-state index contributed by atoms with van der Waals surface area (Å²) in [7, 11) is 1.45. The van der Waals surface area contributed by atoms with Gasteiger partial charge in [0, 0.05) is 23.3 Å². The number of halogens is 1. The number of amides is 1. The standard InChI is InChI=1S/C14H20ClNO4S/c1-5-16(10(3)4)14(17)12-9-11(21(15,18)19)7-8-13(12)20-6-2/h7-10H,5-6H2,1-4H3. The van der Waals surface area contributed by atoms with Crippen LogP contribution < -0.4 is 4.74 Å². The van der Waals surface area contributed by atoms with Crippen LogP contribution in [0.2, 0.25) is 0 Å². The second kappa shape index (κ2) is 7.13. The van der Waals surface area contributed by atoms with Crippen molar-refractivity contribution in [2.75, 3.05) is 13.2 Å². The molecule has 0 aromatic heterocycles. The van der Waals surface area contributed by atoms with E-state index in [9.17, 15) is 13.2 Å². The van der Waals surface area contributed by atoms with E-state index < -0.39 is 9.05 Å². The van der Waals surface area contributed by atoms with Gasteiger partial charge in [0.2, 0.25) is 0 Å². The van der Waals surface area contributed by atoms with Gasteiger partial charge in [-0.2, -0.15) is 0 Å². The first-order chi connectivity index (χ1) is 9.72. The largest absolute Gasteiger partial charge is 0.493 e. The number of ether oxygens (including phenoxy) is 1. The summed E-state index contributed by atoms with van der Waals surface area (Å²) in [5, 5.41) is 0. The molecule has 1 aromatic rings. The lowest BCUT2D eigenvalue weighted by Crippen LogP contribution is -2.37. The van der Waals surface area contributed by atoms with E-state index in [0.717, 1.165) is 0 Å². The monoisotopic (exact) mass is 333 g/mol. The van der Waals surface area contributed by atoms with Gasteiger partial charge in [0.25, 0.3) is 15.0 Å². The highest BCUT2D eigenvalue weighted by Gasteiger charge is 2.23. The van der Waals surface area contributed by atoms with Gasteiger partial charge in [-0.3, -0.25) is 4.79 Å². The van der Waals surface area contributed by atoms with E-state index in [4.69, 9.17) is 15.4 Å². The molecule has 0 spiro atoms. The lowest BCUT2D eigenvalue weighted by atomic mass is 10.1. The predicted octanol–water partition coefficient (Wildman–Crippen LogP) is 2.88. The van der Waals surface area contributed by atoms with Crippen molar-refractivity contribution in [3.05, 3.63) is 23.8 Å². The van der Waals surface area contributed by atoms with Gasteiger partial charge in [-0.15, -0.1) is 0 Å². The van der Waals surface area contributed by atoms with E-state index in [1.807, 2.05) is 20.8 Å². The van der Waals surface area contributed by atoms with Crippen molar-refractivity contribution in [2.24, 2.45) is 0 Å². The fourth-order valence-electron chi connectivity index (χ4n) is 2.01. The summed E-state index contributed by atoms with van der Waals surface area (Å²) >= 11 is 0. The number of nitrogens with zero attached hydrogens (tertiary/aromatic N) is 1. The number of hydrogen-bond donors (Lipinski definition) is 0. The van der Waals surface area contributed by atoms with Crippen LogP contribution in [-0.2, 0) is 9.05 Å². The van der Waals surface area contributed by atoms with Gasteiger partial charge in [0.15, 0.2) is 0 Å². The zero-order chi connectivity index (χ0) is 16.2. The molecule has 0 saturated heterocycles. The first-order valence-electron chi connectivity index (χ1n) is 6.74. The molecule has 0 unspecified atom stereocenters. The Hall–Kier alpha value is -1.27. The van der Waals surface area contributed by atoms with Gasteiger partial charge in [-0.05, 0) is 45.9 Å². The van der Waals surface area contributed by atoms with Crippen LogP contribution >= 0.6 is 10.7 Å². The maximum atomic E-state index is 12.6. The summed E-state index contributed by atoms with van der Waals surface area (Å²) in [4.78, 5) is 14.1. The van der Waals surface area contributed by atoms with E-state index >= 15 is 0 Å². The number of carbonyl (C=O) groups is 1. The van der Waals surface area contributed by atoms with Crippen molar-refractivity contribution < 1.29 is 17.9 Å². The van der Waals surface area contributed by atoms with Gasteiger partial charge in [-0.1, -0.05) is 0 Å². The van der Waals surface area contributed by atoms with Gasteiger partial charge in [0.05, 0.1) is 17.1 Å². The van der Waals surface area contributed by atoms with Crippen molar-refractivity contribution in [2.45, 2.75) is 38.6 Å². The molecule has 21 heavy (non-hydrogen) atoms. The average Bonchev–Trinajstić information content (AvgIpc) is 2.38. The van der Waals surface area contributed by atoms with Crippen LogP contribution in [0.25, 0.3) is 0 Å². The summed E-state index contributed by atoms with van der Waals surface area (Å²) in [6.45, 7) is 8.33. The molecule has 7 heteroatoms. The Morgan fingerprint density at radius 3 is 2.38 bits per heavy atom. The van der Waals surface area contributed by atoms with Crippen LogP contribution in [0.4, 0.5) is 0 Å². The Labute approximate surface area is 130 Å². The van der Waals surface area contributed by atoms with Gasteiger partial charge >= 0.3 is 0 Å². The van der Waals surface area contributed by atoms with Crippen LogP contribution in [0.1, 0.15) is 38.1 Å². The Balaban J connectivity index is 3.38. The quantitative estimate of drug-likeness (QED) is 0.751. The molecule has 0 N–H and O–H groups in total. The zero-order valence-corrected chi connectivity index (χ0v) is 14.2. The van der Waals surface area contributed by atoms with Crippen LogP contribution in [0.3, 0.4) is 0 Å². The van der Waals surface area contributed by atoms with E-state index in [2.05, 4.69) is 0 Å². The normalized spacial score (nSPS) is 11.5. The molecule has 0 fully saturated rings. The average molecular weight is 334 g/mol. The van der Waals surface area contributed by atoms with Crippen molar-refractivity contribution in [3.8, 4) is 5.75 Å². The molecule has 0 heterocycles. The molecule has 0 radical (unpaired) electrons.